The molecule has 0 amide bonds. The van der Waals surface area contributed by atoms with Crippen LogP contribution in [0.25, 0.3) is 0 Å². The van der Waals surface area contributed by atoms with Crippen LogP contribution in [0.1, 0.15) is 61.7 Å². The average molecular weight is 398 g/mol. The fourth-order valence-electron chi connectivity index (χ4n) is 6.47. The number of carbonyl (C=O) groups excluding carboxylic acids is 2. The highest BCUT2D eigenvalue weighted by atomic mass is 16.5. The average Bonchev–Trinajstić information content (AvgIpc) is 3.23. The first kappa shape index (κ1) is 19.1. The summed E-state index contributed by atoms with van der Waals surface area (Å²) in [4.78, 5) is 25.4. The Morgan fingerprint density at radius 3 is 2.24 bits per heavy atom. The smallest absolute Gasteiger partial charge is 0.338 e. The Labute approximate surface area is 172 Å². The molecule has 1 aliphatic heterocycles. The number of carbonyl (C=O) groups is 2. The molecular formula is C24H30O5. The second-order valence-corrected chi connectivity index (χ2v) is 9.67. The van der Waals surface area contributed by atoms with Gasteiger partial charge in [0.2, 0.25) is 0 Å². The molecule has 0 N–H and O–H groups in total. The van der Waals surface area contributed by atoms with Crippen LogP contribution in [0, 0.1) is 23.2 Å². The zero-order valence-electron chi connectivity index (χ0n) is 16.9. The van der Waals surface area contributed by atoms with Gasteiger partial charge in [0.15, 0.2) is 12.4 Å². The molecule has 4 aliphatic carbocycles. The van der Waals surface area contributed by atoms with Gasteiger partial charge in [-0.05, 0) is 93.4 Å². The second-order valence-electron chi connectivity index (χ2n) is 9.67. The van der Waals surface area contributed by atoms with Gasteiger partial charge in [0.1, 0.15) is 12.4 Å². The first-order valence-corrected chi connectivity index (χ1v) is 11.1. The Bertz CT molecular complexity index is 727. The number of esters is 1. The van der Waals surface area contributed by atoms with E-state index in [1.165, 1.54) is 19.3 Å². The molecule has 29 heavy (non-hydrogen) atoms. The Balaban J connectivity index is 1.13. The number of ketones is 1. The van der Waals surface area contributed by atoms with Gasteiger partial charge in [-0.2, -0.15) is 0 Å². The molecule has 1 atom stereocenters. The third-order valence-corrected chi connectivity index (χ3v) is 7.51. The van der Waals surface area contributed by atoms with Crippen LogP contribution in [-0.4, -0.2) is 37.7 Å². The van der Waals surface area contributed by atoms with Crippen LogP contribution in [0.4, 0.5) is 0 Å². The number of Topliss-reactive ketones (excluding diaryl/α,β-unsaturated/α-hetero) is 1. The van der Waals surface area contributed by atoms with Crippen molar-refractivity contribution in [3.05, 3.63) is 29.8 Å². The van der Waals surface area contributed by atoms with E-state index in [-0.39, 0.29) is 23.9 Å². The van der Waals surface area contributed by atoms with E-state index >= 15 is 0 Å². The molecule has 1 heterocycles. The maximum absolute atomic E-state index is 13.0. The molecule has 1 aromatic carbocycles. The molecule has 4 saturated carbocycles. The molecule has 0 spiro atoms. The van der Waals surface area contributed by atoms with Gasteiger partial charge in [-0.25, -0.2) is 4.79 Å². The molecule has 5 fully saturated rings. The van der Waals surface area contributed by atoms with Gasteiger partial charge in [-0.15, -0.1) is 0 Å². The van der Waals surface area contributed by atoms with Crippen molar-refractivity contribution in [3.63, 3.8) is 0 Å². The maximum atomic E-state index is 13.0. The van der Waals surface area contributed by atoms with Crippen LogP contribution in [-0.2, 0) is 14.3 Å². The van der Waals surface area contributed by atoms with Crippen LogP contribution in [0.3, 0.4) is 0 Å². The molecule has 1 saturated heterocycles. The SMILES string of the molecule is O=C(OCC(=O)C12CC3CC(CC(C3)C1)C2)c1ccc(OC[C@@H]2CCCO2)cc1. The number of hydrogen-bond donors (Lipinski definition) is 0. The van der Waals surface area contributed by atoms with Gasteiger partial charge in [-0.1, -0.05) is 0 Å². The molecule has 5 aliphatic rings. The minimum absolute atomic E-state index is 0.0950. The minimum Gasteiger partial charge on any atom is -0.491 e. The van der Waals surface area contributed by atoms with Crippen molar-refractivity contribution in [3.8, 4) is 5.75 Å². The monoisotopic (exact) mass is 398 g/mol. The van der Waals surface area contributed by atoms with E-state index in [0.717, 1.165) is 38.7 Å². The van der Waals surface area contributed by atoms with E-state index in [1.54, 1.807) is 24.3 Å². The first-order valence-electron chi connectivity index (χ1n) is 11.1. The van der Waals surface area contributed by atoms with Crippen molar-refractivity contribution in [1.82, 2.24) is 0 Å². The lowest BCUT2D eigenvalue weighted by atomic mass is 9.48. The minimum atomic E-state index is -0.436. The van der Waals surface area contributed by atoms with E-state index in [1.807, 2.05) is 0 Å². The number of rotatable bonds is 7. The van der Waals surface area contributed by atoms with E-state index in [0.29, 0.717) is 35.7 Å². The number of hydrogen-bond acceptors (Lipinski definition) is 5. The highest BCUT2D eigenvalue weighted by Gasteiger charge is 2.54. The van der Waals surface area contributed by atoms with Crippen LogP contribution in [0.15, 0.2) is 24.3 Å². The van der Waals surface area contributed by atoms with Crippen molar-refractivity contribution in [2.75, 3.05) is 19.8 Å². The zero-order valence-corrected chi connectivity index (χ0v) is 16.9. The predicted octanol–water partition coefficient (Wildman–Crippen LogP) is 4.19. The van der Waals surface area contributed by atoms with Gasteiger partial charge in [0.25, 0.3) is 0 Å². The summed E-state index contributed by atoms with van der Waals surface area (Å²) in [5, 5.41) is 0. The molecule has 6 rings (SSSR count). The standard InChI is InChI=1S/C24H30O5/c25-22(24-11-16-8-17(12-24)10-18(9-16)13-24)15-29-23(26)19-3-5-20(6-4-19)28-14-21-2-1-7-27-21/h3-6,16-18,21H,1-2,7-15H2/t16?,17?,18?,21-,24?/m0/s1. The lowest BCUT2D eigenvalue weighted by molar-refractivity contribution is -0.147. The summed E-state index contributed by atoms with van der Waals surface area (Å²) in [7, 11) is 0. The fourth-order valence-corrected chi connectivity index (χ4v) is 6.47. The molecule has 4 bridgehead atoms. The molecule has 1 aromatic rings. The van der Waals surface area contributed by atoms with Crippen LogP contribution in [0.5, 0.6) is 5.75 Å². The molecule has 0 radical (unpaired) electrons. The first-order chi connectivity index (χ1) is 14.1. The van der Waals surface area contributed by atoms with Gasteiger partial charge >= 0.3 is 5.97 Å². The third kappa shape index (κ3) is 3.94. The third-order valence-electron chi connectivity index (χ3n) is 7.51. The van der Waals surface area contributed by atoms with Gasteiger partial charge < -0.3 is 14.2 Å². The maximum Gasteiger partial charge on any atom is 0.338 e. The molecule has 0 aromatic heterocycles. The molecule has 156 valence electrons. The second kappa shape index (κ2) is 7.75. The number of ether oxygens (including phenoxy) is 3. The summed E-state index contributed by atoms with van der Waals surface area (Å²) in [6.45, 7) is 1.24. The number of benzene rings is 1. The van der Waals surface area contributed by atoms with Crippen LogP contribution >= 0.6 is 0 Å². The van der Waals surface area contributed by atoms with E-state index in [2.05, 4.69) is 0 Å². The van der Waals surface area contributed by atoms with Crippen molar-refractivity contribution in [2.24, 2.45) is 23.2 Å². The zero-order chi connectivity index (χ0) is 19.8. The van der Waals surface area contributed by atoms with E-state index in [9.17, 15) is 9.59 Å². The highest BCUT2D eigenvalue weighted by Crippen LogP contribution is 2.60. The Morgan fingerprint density at radius 1 is 1.00 bits per heavy atom. The van der Waals surface area contributed by atoms with Gasteiger partial charge in [0, 0.05) is 12.0 Å². The van der Waals surface area contributed by atoms with Crippen molar-refractivity contribution >= 4 is 11.8 Å². The van der Waals surface area contributed by atoms with Crippen molar-refractivity contribution < 1.29 is 23.8 Å². The summed E-state index contributed by atoms with van der Waals surface area (Å²) < 4.78 is 16.7. The molecule has 0 unspecified atom stereocenters. The van der Waals surface area contributed by atoms with Crippen LogP contribution < -0.4 is 4.74 Å². The lowest BCUT2D eigenvalue weighted by Crippen LogP contribution is -2.51. The molecule has 5 nitrogen and oxygen atoms in total. The highest BCUT2D eigenvalue weighted by molar-refractivity contribution is 5.93. The quantitative estimate of drug-likeness (QED) is 0.645. The van der Waals surface area contributed by atoms with E-state index in [4.69, 9.17) is 14.2 Å². The van der Waals surface area contributed by atoms with Gasteiger partial charge in [-0.3, -0.25) is 4.79 Å². The predicted molar refractivity (Wildman–Crippen MR) is 107 cm³/mol. The van der Waals surface area contributed by atoms with Crippen molar-refractivity contribution in [1.29, 1.82) is 0 Å². The summed E-state index contributed by atoms with van der Waals surface area (Å²) >= 11 is 0. The molecular weight excluding hydrogens is 368 g/mol. The lowest BCUT2D eigenvalue weighted by Gasteiger charge is -2.55. The largest absolute Gasteiger partial charge is 0.491 e. The van der Waals surface area contributed by atoms with Crippen LogP contribution in [0.2, 0.25) is 0 Å². The van der Waals surface area contributed by atoms with Gasteiger partial charge in [0.05, 0.1) is 11.7 Å². The Hall–Kier alpha value is -1.88. The van der Waals surface area contributed by atoms with E-state index < -0.39 is 5.97 Å². The summed E-state index contributed by atoms with van der Waals surface area (Å²) in [6.07, 6.45) is 9.19. The molecule has 5 heteroatoms. The summed E-state index contributed by atoms with van der Waals surface area (Å²) in [5.74, 6) is 2.55. The Morgan fingerprint density at radius 2 is 1.66 bits per heavy atom. The summed E-state index contributed by atoms with van der Waals surface area (Å²) in [5.41, 5.74) is 0.238. The fraction of sp³-hybridized carbons (Fsp3) is 0.667. The summed E-state index contributed by atoms with van der Waals surface area (Å²) in [6, 6.07) is 6.93. The van der Waals surface area contributed by atoms with Crippen molar-refractivity contribution in [2.45, 2.75) is 57.5 Å². The normalized spacial score (nSPS) is 34.9. The Kier molecular flexibility index (Phi) is 5.10. The topological polar surface area (TPSA) is 61.8 Å².